The molecule has 0 spiro atoms. The van der Waals surface area contributed by atoms with Crippen molar-refractivity contribution in [2.75, 3.05) is 11.6 Å². The van der Waals surface area contributed by atoms with E-state index in [0.717, 1.165) is 0 Å². The van der Waals surface area contributed by atoms with Crippen LogP contribution in [-0.2, 0) is 26.8 Å². The molecule has 52 heavy (non-hydrogen) atoms. The molecule has 0 aliphatic heterocycles. The highest BCUT2D eigenvalue weighted by Gasteiger charge is 2.33. The van der Waals surface area contributed by atoms with E-state index < -0.39 is 20.2 Å². The fraction of sp³-hybridized carbons (Fsp3) is 0.105. The summed E-state index contributed by atoms with van der Waals surface area (Å²) in [4.78, 5) is 30.7. The number of pyridine rings is 1. The molecule has 0 saturated carbocycles. The summed E-state index contributed by atoms with van der Waals surface area (Å²) >= 11 is 0. The highest BCUT2D eigenvalue weighted by molar-refractivity contribution is 7.85. The molecule has 1 aliphatic rings. The number of anilines is 2. The van der Waals surface area contributed by atoms with Gasteiger partial charge < -0.3 is 19.8 Å². The Balaban J connectivity index is 0.000000690. The largest absolute Gasteiger partial charge is 0.489 e. The molecular weight excluding hydrogens is 709 g/mol. The van der Waals surface area contributed by atoms with Crippen molar-refractivity contribution < 1.29 is 40.2 Å². The first-order chi connectivity index (χ1) is 24.8. The molecule has 0 saturated heterocycles. The number of hydrogen-bond acceptors (Lipinski definition) is 9. The smallest absolute Gasteiger partial charge is 0.294 e. The number of carbonyl (C=O) groups excluding carboxylic acids is 1. The number of rotatable bonds is 8. The first-order valence-corrected chi connectivity index (χ1v) is 19.1. The van der Waals surface area contributed by atoms with Crippen molar-refractivity contribution in [1.29, 1.82) is 0 Å². The van der Waals surface area contributed by atoms with E-state index in [9.17, 15) is 31.0 Å². The average Bonchev–Trinajstić information content (AvgIpc) is 3.11. The lowest BCUT2D eigenvalue weighted by atomic mass is 9.81. The maximum atomic E-state index is 14.2. The third kappa shape index (κ3) is 8.55. The highest BCUT2D eigenvalue weighted by atomic mass is 32.2. The zero-order valence-electron chi connectivity index (χ0n) is 28.2. The second kappa shape index (κ2) is 15.6. The van der Waals surface area contributed by atoms with Gasteiger partial charge in [0.05, 0.1) is 33.5 Å². The number of ketones is 1. The minimum absolute atomic E-state index is 0.0593. The second-order valence-electron chi connectivity index (χ2n) is 11.1. The molecule has 1 aromatic heterocycles. The van der Waals surface area contributed by atoms with Crippen LogP contribution < -0.4 is 20.3 Å². The zero-order valence-corrected chi connectivity index (χ0v) is 29.8. The predicted octanol–water partition coefficient (Wildman–Crippen LogP) is 7.63. The predicted molar refractivity (Wildman–Crippen MR) is 199 cm³/mol. The average molecular weight is 743 g/mol. The Labute approximate surface area is 300 Å². The van der Waals surface area contributed by atoms with Crippen LogP contribution >= 0.6 is 0 Å². The molecule has 1 heterocycles. The number of aromatic amines is 1. The van der Waals surface area contributed by atoms with Crippen LogP contribution in [0.1, 0.15) is 35.3 Å². The maximum absolute atomic E-state index is 14.2. The summed E-state index contributed by atoms with van der Waals surface area (Å²) in [6.45, 7) is 3.94. The van der Waals surface area contributed by atoms with Crippen LogP contribution in [0.2, 0.25) is 0 Å². The number of H-pyrrole nitrogens is 1. The Morgan fingerprint density at radius 3 is 1.83 bits per heavy atom. The summed E-state index contributed by atoms with van der Waals surface area (Å²) < 4.78 is 70.9. The Bertz CT molecular complexity index is 2510. The second-order valence-corrected chi connectivity index (χ2v) is 14.0. The van der Waals surface area contributed by atoms with Crippen molar-refractivity contribution >= 4 is 48.3 Å². The number of benzene rings is 5. The molecule has 14 heteroatoms. The van der Waals surface area contributed by atoms with E-state index in [1.807, 2.05) is 62.4 Å². The lowest BCUT2D eigenvalue weighted by Crippen LogP contribution is -2.22. The Hall–Kier alpha value is -5.80. The minimum Gasteiger partial charge on any atom is -0.489 e. The summed E-state index contributed by atoms with van der Waals surface area (Å²) in [5.74, 6) is 1.12. The molecule has 0 atom stereocenters. The number of para-hydroxylation sites is 2. The molecule has 0 unspecified atom stereocenters. The van der Waals surface area contributed by atoms with E-state index in [1.165, 1.54) is 24.3 Å². The first-order valence-electron chi connectivity index (χ1n) is 15.9. The van der Waals surface area contributed by atoms with Gasteiger partial charge in [0, 0.05) is 28.3 Å². The molecule has 12 nitrogen and oxygen atoms in total. The molecule has 268 valence electrons. The van der Waals surface area contributed by atoms with Crippen LogP contribution in [0.5, 0.6) is 17.2 Å². The van der Waals surface area contributed by atoms with Gasteiger partial charge in [-0.2, -0.15) is 16.8 Å². The van der Waals surface area contributed by atoms with E-state index >= 15 is 0 Å². The fourth-order valence-electron chi connectivity index (χ4n) is 5.52. The number of aromatic nitrogens is 1. The molecule has 1 aliphatic carbocycles. The lowest BCUT2D eigenvalue weighted by molar-refractivity contribution is 0.104. The van der Waals surface area contributed by atoms with Gasteiger partial charge in [0.15, 0.2) is 11.5 Å². The summed E-state index contributed by atoms with van der Waals surface area (Å²) in [6, 6.07) is 32.4. The van der Waals surface area contributed by atoms with E-state index in [4.69, 9.17) is 14.0 Å². The standard InChI is InChI=1S/C35H24N2O7S.C2H6.CH4O3S/c38-34-26-14-8-7-13-25(26)30-27(20-43-22-9-3-1-4-10-22)35(39)37-33-29(44-23-11-5-2-6-12-23)19-28(31(34)32(30)33)36-21-15-17-24(18-16-21)45(40,41)42;1-2;1-5(2,3)4/h1-19,36H,20H2,(H,37,39)(H,40,41,42);1-2H3;1H3,(H,2,3,4). The topological polar surface area (TPSA) is 189 Å². The van der Waals surface area contributed by atoms with Gasteiger partial charge in [0.25, 0.3) is 25.8 Å². The maximum Gasteiger partial charge on any atom is 0.294 e. The molecule has 0 amide bonds. The summed E-state index contributed by atoms with van der Waals surface area (Å²) in [6.07, 6.45) is 0.715. The quantitative estimate of drug-likeness (QED) is 0.112. The molecule has 0 radical (unpaired) electrons. The molecule has 0 fully saturated rings. The summed E-state index contributed by atoms with van der Waals surface area (Å²) in [5.41, 5.74) is 2.98. The third-order valence-electron chi connectivity index (χ3n) is 7.55. The Morgan fingerprint density at radius 2 is 1.25 bits per heavy atom. The van der Waals surface area contributed by atoms with Crippen molar-refractivity contribution in [3.63, 3.8) is 0 Å². The molecule has 0 bridgehead atoms. The van der Waals surface area contributed by atoms with Gasteiger partial charge in [0.1, 0.15) is 18.1 Å². The molecule has 5 aromatic carbocycles. The van der Waals surface area contributed by atoms with Crippen molar-refractivity contribution in [3.8, 4) is 28.4 Å². The van der Waals surface area contributed by atoms with E-state index in [0.29, 0.717) is 67.8 Å². The summed E-state index contributed by atoms with van der Waals surface area (Å²) in [5, 5.41) is 3.72. The van der Waals surface area contributed by atoms with E-state index in [1.54, 1.807) is 42.5 Å². The number of fused-ring (bicyclic) bond motifs is 2. The number of carbonyl (C=O) groups is 1. The SMILES string of the molecule is CC.CS(=O)(=O)O.O=C1c2ccccc2-c2c(COc3ccccc3)c(=O)[nH]c3c(Oc4ccccc4)cc(Nc4ccc(S(=O)(=O)O)cc4)c1c23. The Kier molecular flexibility index (Phi) is 11.2. The van der Waals surface area contributed by atoms with Gasteiger partial charge in [0.2, 0.25) is 0 Å². The normalized spacial score (nSPS) is 11.7. The monoisotopic (exact) mass is 742 g/mol. The van der Waals surface area contributed by atoms with Crippen molar-refractivity contribution in [3.05, 3.63) is 142 Å². The van der Waals surface area contributed by atoms with Gasteiger partial charge in [-0.05, 0) is 54.1 Å². The van der Waals surface area contributed by atoms with Crippen molar-refractivity contribution in [2.45, 2.75) is 25.3 Å². The van der Waals surface area contributed by atoms with Gasteiger partial charge in [-0.25, -0.2) is 0 Å². The zero-order chi connectivity index (χ0) is 37.6. The molecular formula is C38H34N2O10S2. The number of ether oxygens (including phenoxy) is 2. The Morgan fingerprint density at radius 1 is 0.712 bits per heavy atom. The molecule has 7 rings (SSSR count). The van der Waals surface area contributed by atoms with Crippen LogP contribution in [0.3, 0.4) is 0 Å². The first kappa shape index (κ1) is 37.5. The number of hydrogen-bond donors (Lipinski definition) is 4. The van der Waals surface area contributed by atoms with Gasteiger partial charge >= 0.3 is 0 Å². The minimum atomic E-state index is -4.40. The van der Waals surface area contributed by atoms with Crippen LogP contribution in [0.25, 0.3) is 22.0 Å². The summed E-state index contributed by atoms with van der Waals surface area (Å²) in [7, 11) is -8.06. The van der Waals surface area contributed by atoms with Crippen LogP contribution in [0.15, 0.2) is 125 Å². The van der Waals surface area contributed by atoms with Crippen molar-refractivity contribution in [2.24, 2.45) is 0 Å². The van der Waals surface area contributed by atoms with E-state index in [-0.39, 0.29) is 28.6 Å². The van der Waals surface area contributed by atoms with Crippen LogP contribution in [0, 0.1) is 0 Å². The van der Waals surface area contributed by atoms with E-state index in [2.05, 4.69) is 10.3 Å². The third-order valence-corrected chi connectivity index (χ3v) is 8.42. The highest BCUT2D eigenvalue weighted by Crippen LogP contribution is 2.47. The molecule has 6 aromatic rings. The molecule has 4 N–H and O–H groups in total. The van der Waals surface area contributed by atoms with Gasteiger partial charge in [-0.15, -0.1) is 0 Å². The van der Waals surface area contributed by atoms with Crippen LogP contribution in [-0.4, -0.2) is 43.0 Å². The van der Waals surface area contributed by atoms with Gasteiger partial charge in [-0.1, -0.05) is 74.5 Å². The van der Waals surface area contributed by atoms with Crippen LogP contribution in [0.4, 0.5) is 11.4 Å². The lowest BCUT2D eigenvalue weighted by Gasteiger charge is -2.26. The number of nitrogens with one attached hydrogen (secondary N) is 2. The van der Waals surface area contributed by atoms with Gasteiger partial charge in [-0.3, -0.25) is 18.7 Å². The fourth-order valence-corrected chi connectivity index (χ4v) is 6.00. The van der Waals surface area contributed by atoms with Crippen molar-refractivity contribution in [1.82, 2.24) is 4.98 Å².